The number of rotatable bonds is 6. The van der Waals surface area contributed by atoms with Gasteiger partial charge in [-0.2, -0.15) is 0 Å². The van der Waals surface area contributed by atoms with E-state index in [4.69, 9.17) is 4.74 Å². The number of amides is 2. The van der Waals surface area contributed by atoms with Crippen LogP contribution in [0.15, 0.2) is 18.6 Å². The average Bonchev–Trinajstić information content (AvgIpc) is 3.07. The standard InChI is InChI=1S/C17H24N4O5S/c1-27(24,25)9-4-15(22)21-7-8-26-16-12(2-3-14(16)21)10-20-17(23)13-11-18-5-6-19-13/h5-6,11-12,14,16H,2-4,7-10H2,1H3,(H,20,23). The monoisotopic (exact) mass is 396 g/mol. The van der Waals surface area contributed by atoms with E-state index in [-0.39, 0.29) is 47.7 Å². The first-order valence-corrected chi connectivity index (χ1v) is 11.0. The number of nitrogens with one attached hydrogen (secondary N) is 1. The van der Waals surface area contributed by atoms with Crippen molar-refractivity contribution in [3.8, 4) is 0 Å². The van der Waals surface area contributed by atoms with E-state index in [0.29, 0.717) is 19.7 Å². The minimum atomic E-state index is -3.17. The van der Waals surface area contributed by atoms with Gasteiger partial charge < -0.3 is 15.0 Å². The molecule has 2 amide bonds. The second-order valence-corrected chi connectivity index (χ2v) is 9.27. The lowest BCUT2D eigenvalue weighted by Crippen LogP contribution is -2.53. The molecule has 148 valence electrons. The van der Waals surface area contributed by atoms with E-state index in [1.54, 1.807) is 4.90 Å². The third-order valence-corrected chi connectivity index (χ3v) is 5.99. The van der Waals surface area contributed by atoms with Crippen molar-refractivity contribution in [2.45, 2.75) is 31.4 Å². The summed E-state index contributed by atoms with van der Waals surface area (Å²) >= 11 is 0. The van der Waals surface area contributed by atoms with Crippen LogP contribution in [-0.2, 0) is 19.4 Å². The van der Waals surface area contributed by atoms with Gasteiger partial charge in [0.1, 0.15) is 15.5 Å². The molecule has 1 aromatic heterocycles. The highest BCUT2D eigenvalue weighted by Gasteiger charge is 2.44. The van der Waals surface area contributed by atoms with E-state index in [2.05, 4.69) is 15.3 Å². The smallest absolute Gasteiger partial charge is 0.271 e. The summed E-state index contributed by atoms with van der Waals surface area (Å²) in [6.07, 6.45) is 6.96. The molecular formula is C17H24N4O5S. The van der Waals surface area contributed by atoms with Crippen LogP contribution in [0.4, 0.5) is 0 Å². The molecule has 1 saturated heterocycles. The van der Waals surface area contributed by atoms with Crippen molar-refractivity contribution in [1.82, 2.24) is 20.2 Å². The number of morpholine rings is 1. The van der Waals surface area contributed by atoms with Crippen LogP contribution < -0.4 is 5.32 Å². The molecule has 0 spiro atoms. The van der Waals surface area contributed by atoms with Gasteiger partial charge in [-0.15, -0.1) is 0 Å². The first-order chi connectivity index (χ1) is 12.8. The van der Waals surface area contributed by atoms with E-state index in [9.17, 15) is 18.0 Å². The Morgan fingerprint density at radius 3 is 2.85 bits per heavy atom. The Morgan fingerprint density at radius 1 is 1.33 bits per heavy atom. The summed E-state index contributed by atoms with van der Waals surface area (Å²) < 4.78 is 28.5. The summed E-state index contributed by atoms with van der Waals surface area (Å²) in [5.41, 5.74) is 0.259. The molecule has 1 aliphatic heterocycles. The maximum atomic E-state index is 12.5. The van der Waals surface area contributed by atoms with Crippen LogP contribution in [0, 0.1) is 5.92 Å². The van der Waals surface area contributed by atoms with E-state index in [1.807, 2.05) is 0 Å². The van der Waals surface area contributed by atoms with Gasteiger partial charge in [0.15, 0.2) is 0 Å². The summed E-state index contributed by atoms with van der Waals surface area (Å²) in [6, 6.07) is -0.0655. The van der Waals surface area contributed by atoms with Crippen molar-refractivity contribution in [2.75, 3.05) is 31.7 Å². The van der Waals surface area contributed by atoms with Crippen LogP contribution >= 0.6 is 0 Å². The van der Waals surface area contributed by atoms with Gasteiger partial charge in [-0.1, -0.05) is 0 Å². The highest BCUT2D eigenvalue weighted by atomic mass is 32.2. The van der Waals surface area contributed by atoms with Gasteiger partial charge in [-0.25, -0.2) is 13.4 Å². The number of carbonyl (C=O) groups excluding carboxylic acids is 2. The largest absolute Gasteiger partial charge is 0.374 e. The molecule has 2 aliphatic rings. The zero-order valence-electron chi connectivity index (χ0n) is 15.2. The maximum absolute atomic E-state index is 12.5. The number of carbonyl (C=O) groups is 2. The number of nitrogens with zero attached hydrogens (tertiary/aromatic N) is 3. The summed E-state index contributed by atoms with van der Waals surface area (Å²) in [5.74, 6) is -0.481. The first kappa shape index (κ1) is 19.7. The summed E-state index contributed by atoms with van der Waals surface area (Å²) in [4.78, 5) is 34.2. The molecule has 1 saturated carbocycles. The van der Waals surface area contributed by atoms with Gasteiger partial charge in [0.25, 0.3) is 5.91 Å². The normalized spacial score (nSPS) is 25.1. The van der Waals surface area contributed by atoms with Crippen molar-refractivity contribution < 1.29 is 22.7 Å². The third kappa shape index (κ3) is 5.01. The number of sulfone groups is 1. The molecule has 1 aliphatic carbocycles. The van der Waals surface area contributed by atoms with Gasteiger partial charge in [0.2, 0.25) is 5.91 Å². The zero-order chi connectivity index (χ0) is 19.4. The molecule has 0 radical (unpaired) electrons. The van der Waals surface area contributed by atoms with Crippen LogP contribution in [0.3, 0.4) is 0 Å². The quantitative estimate of drug-likeness (QED) is 0.698. The van der Waals surface area contributed by atoms with Crippen LogP contribution in [-0.4, -0.2) is 79.0 Å². The van der Waals surface area contributed by atoms with Crippen molar-refractivity contribution in [2.24, 2.45) is 5.92 Å². The Labute approximate surface area is 158 Å². The van der Waals surface area contributed by atoms with Crippen molar-refractivity contribution in [1.29, 1.82) is 0 Å². The van der Waals surface area contributed by atoms with E-state index >= 15 is 0 Å². The maximum Gasteiger partial charge on any atom is 0.271 e. The van der Waals surface area contributed by atoms with Crippen molar-refractivity contribution in [3.05, 3.63) is 24.3 Å². The number of fused-ring (bicyclic) bond motifs is 1. The summed E-state index contributed by atoms with van der Waals surface area (Å²) in [5, 5.41) is 2.86. The SMILES string of the molecule is CS(=O)(=O)CCC(=O)N1CCOC2C(CNC(=O)c3cnccn3)CCC21. The fourth-order valence-corrected chi connectivity index (χ4v) is 4.28. The highest BCUT2D eigenvalue weighted by molar-refractivity contribution is 7.90. The lowest BCUT2D eigenvalue weighted by atomic mass is 10.0. The summed E-state index contributed by atoms with van der Waals surface area (Å²) in [7, 11) is -3.17. The van der Waals surface area contributed by atoms with Gasteiger partial charge >= 0.3 is 0 Å². The fourth-order valence-electron chi connectivity index (χ4n) is 3.74. The lowest BCUT2D eigenvalue weighted by Gasteiger charge is -2.39. The molecule has 2 heterocycles. The molecule has 3 rings (SSSR count). The second kappa shape index (κ2) is 8.30. The predicted molar refractivity (Wildman–Crippen MR) is 96.7 cm³/mol. The minimum Gasteiger partial charge on any atom is -0.374 e. The zero-order valence-corrected chi connectivity index (χ0v) is 16.0. The Morgan fingerprint density at radius 2 is 2.15 bits per heavy atom. The molecule has 0 aromatic carbocycles. The number of hydrogen-bond donors (Lipinski definition) is 1. The van der Waals surface area contributed by atoms with Gasteiger partial charge in [-0.05, 0) is 12.8 Å². The van der Waals surface area contributed by atoms with Crippen LogP contribution in [0.5, 0.6) is 0 Å². The molecule has 3 unspecified atom stereocenters. The Bertz CT molecular complexity index is 786. The molecule has 3 atom stereocenters. The minimum absolute atomic E-state index is 0.00384. The molecule has 1 N–H and O–H groups in total. The third-order valence-electron chi connectivity index (χ3n) is 5.05. The topological polar surface area (TPSA) is 119 Å². The van der Waals surface area contributed by atoms with Gasteiger partial charge in [0.05, 0.1) is 30.7 Å². The fraction of sp³-hybridized carbons (Fsp3) is 0.647. The van der Waals surface area contributed by atoms with Crippen molar-refractivity contribution >= 4 is 21.7 Å². The molecule has 0 bridgehead atoms. The van der Waals surface area contributed by atoms with Gasteiger partial charge in [-0.3, -0.25) is 14.6 Å². The Hall–Kier alpha value is -2.07. The van der Waals surface area contributed by atoms with Crippen LogP contribution in [0.1, 0.15) is 29.8 Å². The molecule has 27 heavy (non-hydrogen) atoms. The molecule has 1 aromatic rings. The second-order valence-electron chi connectivity index (χ2n) is 7.01. The Kier molecular flexibility index (Phi) is 6.05. The summed E-state index contributed by atoms with van der Waals surface area (Å²) in [6.45, 7) is 1.32. The molecular weight excluding hydrogens is 372 g/mol. The lowest BCUT2D eigenvalue weighted by molar-refractivity contribution is -0.145. The van der Waals surface area contributed by atoms with E-state index < -0.39 is 9.84 Å². The van der Waals surface area contributed by atoms with Crippen LogP contribution in [0.2, 0.25) is 0 Å². The van der Waals surface area contributed by atoms with Crippen LogP contribution in [0.25, 0.3) is 0 Å². The number of ether oxygens (including phenoxy) is 1. The first-order valence-electron chi connectivity index (χ1n) is 8.98. The highest BCUT2D eigenvalue weighted by Crippen LogP contribution is 2.34. The molecule has 2 fully saturated rings. The number of aromatic nitrogens is 2. The van der Waals surface area contributed by atoms with Gasteiger partial charge in [0, 0.05) is 44.1 Å². The van der Waals surface area contributed by atoms with E-state index in [0.717, 1.165) is 19.1 Å². The molecule has 9 nitrogen and oxygen atoms in total. The molecule has 10 heteroatoms. The van der Waals surface area contributed by atoms with E-state index in [1.165, 1.54) is 18.6 Å². The van der Waals surface area contributed by atoms with Crippen molar-refractivity contribution in [3.63, 3.8) is 0 Å². The predicted octanol–water partition coefficient (Wildman–Crippen LogP) is -0.353. The number of hydrogen-bond acceptors (Lipinski definition) is 7. The average molecular weight is 396 g/mol. The Balaban J connectivity index is 1.56.